The van der Waals surface area contributed by atoms with Crippen LogP contribution in [0.15, 0.2) is 30.6 Å². The monoisotopic (exact) mass is 248 g/mol. The molecule has 1 nitrogen and oxygen atoms in total. The Hall–Kier alpha value is -1.34. The summed E-state index contributed by atoms with van der Waals surface area (Å²) in [5.41, 5.74) is 0. The van der Waals surface area contributed by atoms with Gasteiger partial charge < -0.3 is 0 Å². The molecule has 0 unspecified atom stereocenters. The maximum absolute atomic E-state index is 12.9. The second-order valence-corrected chi connectivity index (χ2v) is 2.90. The van der Waals surface area contributed by atoms with E-state index in [0.29, 0.717) is 12.4 Å². The van der Waals surface area contributed by atoms with Gasteiger partial charge in [0.05, 0.1) is 0 Å². The van der Waals surface area contributed by atoms with E-state index in [4.69, 9.17) is 0 Å². The van der Waals surface area contributed by atoms with Crippen molar-refractivity contribution >= 4 is 0 Å². The van der Waals surface area contributed by atoms with Gasteiger partial charge in [-0.25, -0.2) is 0 Å². The number of pyridine rings is 1. The highest BCUT2D eigenvalue weighted by molar-refractivity contribution is 4.87. The van der Waals surface area contributed by atoms with Crippen molar-refractivity contribution in [3.63, 3.8) is 0 Å². The van der Waals surface area contributed by atoms with Crippen LogP contribution in [0.2, 0.25) is 0 Å². The van der Waals surface area contributed by atoms with Gasteiger partial charge in [-0.05, 0) is 0 Å². The molecule has 1 rings (SSSR count). The lowest BCUT2D eigenvalue weighted by molar-refractivity contribution is -0.850. The molecule has 0 N–H and O–H groups in total. The summed E-state index contributed by atoms with van der Waals surface area (Å²) in [6.45, 7) is 0. The van der Waals surface area contributed by atoms with Crippen LogP contribution in [0.3, 0.4) is 0 Å². The highest BCUT2D eigenvalue weighted by Gasteiger charge is 2.79. The first-order valence-corrected chi connectivity index (χ1v) is 3.90. The number of hydrogen-bond acceptors (Lipinski definition) is 0. The maximum Gasteiger partial charge on any atom is 0.537 e. The number of rotatable bonds is 2. The number of hydrogen-bond donors (Lipinski definition) is 0. The van der Waals surface area contributed by atoms with Crippen molar-refractivity contribution in [1.29, 1.82) is 0 Å². The van der Waals surface area contributed by atoms with E-state index >= 15 is 0 Å². The average Bonchev–Trinajstić information content (AvgIpc) is 2.17. The normalized spacial score (nSPS) is 13.9. The van der Waals surface area contributed by atoms with Gasteiger partial charge >= 0.3 is 18.1 Å². The summed E-state index contributed by atoms with van der Waals surface area (Å²) in [6, 6.07) is -2.33. The lowest BCUT2D eigenvalue weighted by Crippen LogP contribution is -2.65. The van der Waals surface area contributed by atoms with Crippen LogP contribution in [-0.4, -0.2) is 12.1 Å². The van der Waals surface area contributed by atoms with Crippen LogP contribution < -0.4 is 4.57 Å². The number of halogens is 7. The van der Waals surface area contributed by atoms with Crippen molar-refractivity contribution < 1.29 is 35.3 Å². The second-order valence-electron chi connectivity index (χ2n) is 2.90. The van der Waals surface area contributed by atoms with Crippen LogP contribution >= 0.6 is 0 Å². The molecular formula is C8H5F7N+. The standard InChI is InChI=1S/C8H5F7N/c9-6(10,7(11,12)13)8(14,15)16-4-2-1-3-5-16/h1-5H/q+1. The van der Waals surface area contributed by atoms with Crippen LogP contribution in [0.4, 0.5) is 30.7 Å². The first-order chi connectivity index (χ1) is 7.11. The van der Waals surface area contributed by atoms with Crippen molar-refractivity contribution in [2.24, 2.45) is 0 Å². The zero-order chi connectivity index (χ0) is 12.6. The zero-order valence-corrected chi connectivity index (χ0v) is 7.48. The van der Waals surface area contributed by atoms with Gasteiger partial charge in [0.2, 0.25) is 0 Å². The van der Waals surface area contributed by atoms with E-state index in [2.05, 4.69) is 0 Å². The van der Waals surface area contributed by atoms with Gasteiger partial charge in [-0.1, -0.05) is 6.07 Å². The fourth-order valence-electron chi connectivity index (χ4n) is 0.919. The lowest BCUT2D eigenvalue weighted by Gasteiger charge is -2.22. The van der Waals surface area contributed by atoms with Crippen LogP contribution in [-0.2, 0) is 6.05 Å². The van der Waals surface area contributed by atoms with Crippen LogP contribution in [0.1, 0.15) is 0 Å². The van der Waals surface area contributed by atoms with E-state index in [-0.39, 0.29) is 0 Å². The van der Waals surface area contributed by atoms with Crippen LogP contribution in [0.5, 0.6) is 0 Å². The zero-order valence-electron chi connectivity index (χ0n) is 7.48. The Morgan fingerprint density at radius 3 is 1.50 bits per heavy atom. The fraction of sp³-hybridized carbons (Fsp3) is 0.375. The van der Waals surface area contributed by atoms with Crippen molar-refractivity contribution in [2.45, 2.75) is 18.1 Å². The molecule has 0 fully saturated rings. The van der Waals surface area contributed by atoms with Crippen molar-refractivity contribution in [3.8, 4) is 0 Å². The Kier molecular flexibility index (Phi) is 2.86. The molecule has 90 valence electrons. The first-order valence-electron chi connectivity index (χ1n) is 3.90. The van der Waals surface area contributed by atoms with Crippen molar-refractivity contribution in [2.75, 3.05) is 0 Å². The van der Waals surface area contributed by atoms with Gasteiger partial charge in [-0.3, -0.25) is 0 Å². The molecule has 0 saturated carbocycles. The van der Waals surface area contributed by atoms with Gasteiger partial charge in [0.15, 0.2) is 12.4 Å². The summed E-state index contributed by atoms with van der Waals surface area (Å²) in [5, 5.41) is 0. The van der Waals surface area contributed by atoms with E-state index in [0.717, 1.165) is 12.1 Å². The average molecular weight is 248 g/mol. The fourth-order valence-corrected chi connectivity index (χ4v) is 0.919. The molecule has 1 aromatic heterocycles. The molecule has 0 aliphatic heterocycles. The van der Waals surface area contributed by atoms with Gasteiger partial charge in [0.25, 0.3) is 0 Å². The van der Waals surface area contributed by atoms with Gasteiger partial charge in [-0.2, -0.15) is 22.0 Å². The van der Waals surface area contributed by atoms with E-state index in [1.165, 1.54) is 6.07 Å². The summed E-state index contributed by atoms with van der Waals surface area (Å²) in [6.07, 6.45) is -5.46. The van der Waals surface area contributed by atoms with E-state index < -0.39 is 22.7 Å². The minimum Gasteiger partial charge on any atom is -0.183 e. The third kappa shape index (κ3) is 1.83. The summed E-state index contributed by atoms with van der Waals surface area (Å²) in [4.78, 5) is 0. The van der Waals surface area contributed by atoms with Crippen LogP contribution in [0, 0.1) is 0 Å². The molecule has 0 aliphatic rings. The highest BCUT2D eigenvalue weighted by atomic mass is 19.4. The molecule has 0 bridgehead atoms. The molecule has 16 heavy (non-hydrogen) atoms. The number of aromatic nitrogens is 1. The molecule has 0 radical (unpaired) electrons. The van der Waals surface area contributed by atoms with Crippen molar-refractivity contribution in [1.82, 2.24) is 0 Å². The third-order valence-corrected chi connectivity index (χ3v) is 1.77. The molecule has 0 aliphatic carbocycles. The highest BCUT2D eigenvalue weighted by Crippen LogP contribution is 2.46. The molecule has 8 heteroatoms. The molecule has 0 amide bonds. The number of alkyl halides is 7. The van der Waals surface area contributed by atoms with E-state index in [1.54, 1.807) is 0 Å². The Labute approximate surface area is 85.1 Å². The van der Waals surface area contributed by atoms with Gasteiger partial charge in [0.1, 0.15) is 0 Å². The summed E-state index contributed by atoms with van der Waals surface area (Å²) < 4.78 is 85.7. The second kappa shape index (κ2) is 3.60. The summed E-state index contributed by atoms with van der Waals surface area (Å²) >= 11 is 0. The smallest absolute Gasteiger partial charge is 0.183 e. The van der Waals surface area contributed by atoms with Crippen molar-refractivity contribution in [3.05, 3.63) is 30.6 Å². The molecule has 0 aromatic carbocycles. The molecule has 1 heterocycles. The largest absolute Gasteiger partial charge is 0.537 e. The molecule has 0 saturated heterocycles. The lowest BCUT2D eigenvalue weighted by atomic mass is 10.2. The minimum absolute atomic E-state index is 0.430. The van der Waals surface area contributed by atoms with Gasteiger partial charge in [-0.15, -0.1) is 13.3 Å². The summed E-state index contributed by atoms with van der Waals surface area (Å²) in [7, 11) is 0. The quantitative estimate of drug-likeness (QED) is 0.559. The number of nitrogens with zero attached hydrogens (tertiary/aromatic N) is 1. The molecule has 0 spiro atoms. The topological polar surface area (TPSA) is 3.88 Å². The van der Waals surface area contributed by atoms with Crippen LogP contribution in [0.25, 0.3) is 0 Å². The molecule has 1 aromatic rings. The first kappa shape index (κ1) is 12.7. The SMILES string of the molecule is FC(F)(F)C(F)(F)C(F)(F)[n+]1ccccc1. The predicted molar refractivity (Wildman–Crippen MR) is 37.8 cm³/mol. The predicted octanol–water partition coefficient (Wildman–Crippen LogP) is 2.72. The third-order valence-electron chi connectivity index (χ3n) is 1.77. The minimum atomic E-state index is -6.32. The maximum atomic E-state index is 12.9. The Morgan fingerprint density at radius 1 is 0.688 bits per heavy atom. The van der Waals surface area contributed by atoms with E-state index in [9.17, 15) is 30.7 Å². The molecule has 0 atom stereocenters. The molecular weight excluding hydrogens is 243 g/mol. The Morgan fingerprint density at radius 2 is 1.12 bits per heavy atom. The Bertz CT molecular complexity index is 356. The summed E-state index contributed by atoms with van der Waals surface area (Å²) in [5.74, 6) is -6.13. The Balaban J connectivity index is 3.22. The van der Waals surface area contributed by atoms with Gasteiger partial charge in [0, 0.05) is 12.1 Å². The van der Waals surface area contributed by atoms with E-state index in [1.807, 2.05) is 0 Å².